The lowest BCUT2D eigenvalue weighted by molar-refractivity contribution is -0.112. The molecule has 1 aliphatic heterocycles. The summed E-state index contributed by atoms with van der Waals surface area (Å²) >= 11 is 6.12. The van der Waals surface area contributed by atoms with Crippen molar-refractivity contribution in [2.45, 2.75) is 6.92 Å². The van der Waals surface area contributed by atoms with Crippen molar-refractivity contribution in [2.75, 3.05) is 18.6 Å². The highest BCUT2D eigenvalue weighted by molar-refractivity contribution is 6.54. The zero-order valence-corrected chi connectivity index (χ0v) is 13.1. The molecule has 0 fully saturated rings. The fraction of sp³-hybridized carbons (Fsp3) is 0.176. The Morgan fingerprint density at radius 2 is 2.00 bits per heavy atom. The molecule has 5 heteroatoms. The smallest absolute Gasteiger partial charge is 0.277 e. The van der Waals surface area contributed by atoms with E-state index in [0.29, 0.717) is 28.7 Å². The molecule has 1 heterocycles. The normalized spacial score (nSPS) is 15.3. The number of halogens is 1. The van der Waals surface area contributed by atoms with Gasteiger partial charge >= 0.3 is 0 Å². The van der Waals surface area contributed by atoms with Crippen LogP contribution in [0.25, 0.3) is 0 Å². The zero-order chi connectivity index (χ0) is 15.7. The van der Waals surface area contributed by atoms with Gasteiger partial charge in [0.15, 0.2) is 0 Å². The third-order valence-electron chi connectivity index (χ3n) is 3.59. The number of nitrogens with zero attached hydrogens (tertiary/aromatic N) is 2. The van der Waals surface area contributed by atoms with Crippen molar-refractivity contribution in [1.82, 2.24) is 0 Å². The van der Waals surface area contributed by atoms with Gasteiger partial charge in [-0.05, 0) is 31.2 Å². The third-order valence-corrected chi connectivity index (χ3v) is 3.89. The van der Waals surface area contributed by atoms with Gasteiger partial charge in [-0.1, -0.05) is 29.8 Å². The molecule has 0 unspecified atom stereocenters. The number of anilines is 1. The lowest BCUT2D eigenvalue weighted by Crippen LogP contribution is -2.29. The number of hydrogen-bond acceptors (Lipinski definition) is 3. The molecule has 0 N–H and O–H groups in total. The van der Waals surface area contributed by atoms with Gasteiger partial charge in [-0.3, -0.25) is 4.79 Å². The van der Waals surface area contributed by atoms with Crippen LogP contribution in [0.2, 0.25) is 5.02 Å². The van der Waals surface area contributed by atoms with Crippen LogP contribution < -0.4 is 9.64 Å². The number of carbonyl (C=O) groups is 1. The number of aliphatic imine (C=N–C) groups is 1. The molecule has 3 rings (SSSR count). The second kappa shape index (κ2) is 5.81. The van der Waals surface area contributed by atoms with Gasteiger partial charge in [0.05, 0.1) is 23.5 Å². The molecule has 112 valence electrons. The van der Waals surface area contributed by atoms with E-state index in [2.05, 4.69) is 4.99 Å². The first kappa shape index (κ1) is 14.6. The van der Waals surface area contributed by atoms with Gasteiger partial charge in [-0.2, -0.15) is 0 Å². The number of benzene rings is 2. The van der Waals surface area contributed by atoms with Crippen molar-refractivity contribution < 1.29 is 9.53 Å². The van der Waals surface area contributed by atoms with E-state index in [4.69, 9.17) is 16.3 Å². The topological polar surface area (TPSA) is 41.9 Å². The fourth-order valence-electron chi connectivity index (χ4n) is 2.54. The van der Waals surface area contributed by atoms with E-state index in [9.17, 15) is 4.79 Å². The van der Waals surface area contributed by atoms with Crippen LogP contribution in [0.4, 0.5) is 11.4 Å². The molecule has 2 aromatic carbocycles. The van der Waals surface area contributed by atoms with E-state index >= 15 is 0 Å². The van der Waals surface area contributed by atoms with Crippen molar-refractivity contribution in [1.29, 1.82) is 0 Å². The number of fused-ring (bicyclic) bond motifs is 1. The van der Waals surface area contributed by atoms with Crippen LogP contribution in [-0.2, 0) is 4.79 Å². The highest BCUT2D eigenvalue weighted by Gasteiger charge is 2.32. The van der Waals surface area contributed by atoms with Gasteiger partial charge in [0.25, 0.3) is 5.91 Å². The minimum absolute atomic E-state index is 0.0874. The van der Waals surface area contributed by atoms with Crippen molar-refractivity contribution in [3.8, 4) is 5.75 Å². The molecule has 0 bridgehead atoms. The van der Waals surface area contributed by atoms with Gasteiger partial charge in [-0.25, -0.2) is 4.99 Å². The highest BCUT2D eigenvalue weighted by atomic mass is 35.5. The molecular weight excluding hydrogens is 300 g/mol. The molecule has 22 heavy (non-hydrogen) atoms. The Balaban J connectivity index is 2.08. The summed E-state index contributed by atoms with van der Waals surface area (Å²) in [5.41, 5.74) is 2.82. The molecule has 2 aromatic rings. The minimum atomic E-state index is -0.0874. The maximum Gasteiger partial charge on any atom is 0.277 e. The summed E-state index contributed by atoms with van der Waals surface area (Å²) in [5.74, 6) is 0.495. The summed E-state index contributed by atoms with van der Waals surface area (Å²) in [5, 5.41) is 0.468. The summed E-state index contributed by atoms with van der Waals surface area (Å²) in [7, 11) is 1.56. The summed E-state index contributed by atoms with van der Waals surface area (Å²) in [6, 6.07) is 12.9. The Morgan fingerprint density at radius 1 is 1.23 bits per heavy atom. The maximum absolute atomic E-state index is 12.5. The molecule has 0 aromatic heterocycles. The standard InChI is InChI=1S/C17H15ClN2O2/c1-3-20-14-7-5-4-6-12(14)16(17(20)21)19-11-8-9-15(22-2)13(18)10-11/h4-10H,3H2,1-2H3. The van der Waals surface area contributed by atoms with E-state index in [0.717, 1.165) is 11.3 Å². The first-order valence-electron chi connectivity index (χ1n) is 6.99. The van der Waals surface area contributed by atoms with Crippen molar-refractivity contribution in [2.24, 2.45) is 4.99 Å². The summed E-state index contributed by atoms with van der Waals surface area (Å²) in [6.45, 7) is 2.56. The van der Waals surface area contributed by atoms with Crippen LogP contribution in [0.3, 0.4) is 0 Å². The highest BCUT2D eigenvalue weighted by Crippen LogP contribution is 2.33. The molecule has 0 spiro atoms. The molecule has 0 saturated heterocycles. The number of hydrogen-bond donors (Lipinski definition) is 0. The van der Waals surface area contributed by atoms with Crippen molar-refractivity contribution >= 4 is 34.6 Å². The Bertz CT molecular complexity index is 771. The first-order chi connectivity index (χ1) is 10.7. The summed E-state index contributed by atoms with van der Waals surface area (Å²) in [4.78, 5) is 18.8. The number of methoxy groups -OCH3 is 1. The fourth-order valence-corrected chi connectivity index (χ4v) is 2.79. The molecule has 0 saturated carbocycles. The number of carbonyl (C=O) groups excluding carboxylic acids is 1. The van der Waals surface area contributed by atoms with E-state index < -0.39 is 0 Å². The number of ether oxygens (including phenoxy) is 1. The average Bonchev–Trinajstić information content (AvgIpc) is 2.79. The average molecular weight is 315 g/mol. The lowest BCUT2D eigenvalue weighted by Gasteiger charge is -2.12. The van der Waals surface area contributed by atoms with Gasteiger partial charge in [0.2, 0.25) is 0 Å². The molecule has 4 nitrogen and oxygen atoms in total. The Kier molecular flexibility index (Phi) is 3.86. The molecule has 1 aliphatic rings. The van der Waals surface area contributed by atoms with Crippen molar-refractivity contribution in [3.05, 3.63) is 53.1 Å². The monoisotopic (exact) mass is 314 g/mol. The largest absolute Gasteiger partial charge is 0.495 e. The number of para-hydroxylation sites is 1. The van der Waals surface area contributed by atoms with Gasteiger partial charge < -0.3 is 9.64 Å². The van der Waals surface area contributed by atoms with Crippen LogP contribution in [-0.4, -0.2) is 25.3 Å². The van der Waals surface area contributed by atoms with Crippen LogP contribution in [0.1, 0.15) is 12.5 Å². The van der Waals surface area contributed by atoms with E-state index in [1.54, 1.807) is 30.2 Å². The van der Waals surface area contributed by atoms with E-state index in [1.165, 1.54) is 0 Å². The van der Waals surface area contributed by atoms with E-state index in [1.807, 2.05) is 31.2 Å². The van der Waals surface area contributed by atoms with Gasteiger partial charge in [0, 0.05) is 12.1 Å². The Hall–Kier alpha value is -2.33. The van der Waals surface area contributed by atoms with Gasteiger partial charge in [0.1, 0.15) is 11.5 Å². The number of amides is 1. The van der Waals surface area contributed by atoms with Crippen LogP contribution in [0.15, 0.2) is 47.5 Å². The second-order valence-corrected chi connectivity index (χ2v) is 5.25. The van der Waals surface area contributed by atoms with Crippen LogP contribution in [0, 0.1) is 0 Å². The Morgan fingerprint density at radius 3 is 2.68 bits per heavy atom. The molecular formula is C17H15ClN2O2. The summed E-state index contributed by atoms with van der Waals surface area (Å²) in [6.07, 6.45) is 0. The van der Waals surface area contributed by atoms with Crippen molar-refractivity contribution in [3.63, 3.8) is 0 Å². The predicted octanol–water partition coefficient (Wildman–Crippen LogP) is 3.84. The third kappa shape index (κ3) is 2.35. The predicted molar refractivity (Wildman–Crippen MR) is 88.7 cm³/mol. The quantitative estimate of drug-likeness (QED) is 0.864. The van der Waals surface area contributed by atoms with Gasteiger partial charge in [-0.15, -0.1) is 0 Å². The second-order valence-electron chi connectivity index (χ2n) is 4.85. The minimum Gasteiger partial charge on any atom is -0.495 e. The molecule has 0 atom stereocenters. The SMILES string of the molecule is CCN1C(=O)C(=Nc2ccc(OC)c(Cl)c2)c2ccccc21. The Labute approximate surface area is 134 Å². The molecule has 0 radical (unpaired) electrons. The molecule has 0 aliphatic carbocycles. The van der Waals surface area contributed by atoms with Crippen LogP contribution >= 0.6 is 11.6 Å². The number of likely N-dealkylation sites (N-methyl/N-ethyl adjacent to an activating group) is 1. The lowest BCUT2D eigenvalue weighted by atomic mass is 10.1. The number of rotatable bonds is 3. The zero-order valence-electron chi connectivity index (χ0n) is 12.3. The maximum atomic E-state index is 12.5. The summed E-state index contributed by atoms with van der Waals surface area (Å²) < 4.78 is 5.13. The first-order valence-corrected chi connectivity index (χ1v) is 7.37. The molecule has 1 amide bonds. The van der Waals surface area contributed by atoms with Crippen LogP contribution in [0.5, 0.6) is 5.75 Å². The van der Waals surface area contributed by atoms with E-state index in [-0.39, 0.29) is 5.91 Å².